The van der Waals surface area contributed by atoms with Crippen LogP contribution >= 0.6 is 11.3 Å². The molecule has 0 aromatic carbocycles. The molecule has 0 bridgehead atoms. The topological polar surface area (TPSA) is 88.0 Å². The Bertz CT molecular complexity index is 880. The van der Waals surface area contributed by atoms with E-state index in [0.717, 1.165) is 47.4 Å². The number of hydrogen-bond acceptors (Lipinski definition) is 6. The molecule has 0 spiro atoms. The molecule has 3 heterocycles. The van der Waals surface area contributed by atoms with Crippen molar-refractivity contribution in [3.63, 3.8) is 0 Å². The average Bonchev–Trinajstić information content (AvgIpc) is 3.08. The second-order valence-electron chi connectivity index (χ2n) is 6.05. The van der Waals surface area contributed by atoms with E-state index in [2.05, 4.69) is 23.3 Å². The number of aliphatic carboxylic acids is 1. The summed E-state index contributed by atoms with van der Waals surface area (Å²) >= 11 is 1.69. The van der Waals surface area contributed by atoms with Crippen molar-refractivity contribution in [2.45, 2.75) is 39.0 Å². The van der Waals surface area contributed by atoms with Crippen LogP contribution in [-0.4, -0.2) is 32.6 Å². The van der Waals surface area contributed by atoms with E-state index in [1.165, 1.54) is 4.88 Å². The Hall–Kier alpha value is -2.54. The third kappa shape index (κ3) is 4.54. The molecule has 0 amide bonds. The van der Waals surface area contributed by atoms with Gasteiger partial charge in [0.15, 0.2) is 5.82 Å². The largest absolute Gasteiger partial charge is 0.481 e. The molecule has 0 fully saturated rings. The fourth-order valence-corrected chi connectivity index (χ4v) is 3.66. The number of rotatable bonds is 9. The van der Waals surface area contributed by atoms with Crippen molar-refractivity contribution in [3.8, 4) is 11.4 Å². The Morgan fingerprint density at radius 1 is 1.27 bits per heavy atom. The van der Waals surface area contributed by atoms with Crippen LogP contribution in [0.5, 0.6) is 0 Å². The number of carbonyl (C=O) groups is 1. The maximum absolute atomic E-state index is 10.6. The summed E-state index contributed by atoms with van der Waals surface area (Å²) in [6.07, 6.45) is 7.20. The Balaban J connectivity index is 1.78. The minimum absolute atomic E-state index is 0.229. The van der Waals surface area contributed by atoms with Crippen molar-refractivity contribution < 1.29 is 9.90 Å². The number of anilines is 1. The second-order valence-corrected chi connectivity index (χ2v) is 7.17. The van der Waals surface area contributed by atoms with Gasteiger partial charge in [0.05, 0.1) is 5.39 Å². The molecule has 0 aliphatic carbocycles. The van der Waals surface area contributed by atoms with Crippen LogP contribution in [0.4, 0.5) is 5.82 Å². The summed E-state index contributed by atoms with van der Waals surface area (Å²) in [5.41, 5.74) is 0.894. The van der Waals surface area contributed by atoms with Crippen LogP contribution in [0.2, 0.25) is 0 Å². The minimum Gasteiger partial charge on any atom is -0.481 e. The number of hydrogen-bond donors (Lipinski definition) is 2. The third-order valence-corrected chi connectivity index (χ3v) is 5.25. The highest BCUT2D eigenvalue weighted by Crippen LogP contribution is 2.31. The molecule has 3 aromatic rings. The Morgan fingerprint density at radius 3 is 2.88 bits per heavy atom. The van der Waals surface area contributed by atoms with Crippen LogP contribution in [0.25, 0.3) is 21.6 Å². The summed E-state index contributed by atoms with van der Waals surface area (Å²) in [6.45, 7) is 2.89. The smallest absolute Gasteiger partial charge is 0.303 e. The van der Waals surface area contributed by atoms with Gasteiger partial charge in [0.1, 0.15) is 10.6 Å². The molecule has 26 heavy (non-hydrogen) atoms. The van der Waals surface area contributed by atoms with Crippen LogP contribution in [0, 0.1) is 0 Å². The zero-order valence-electron chi connectivity index (χ0n) is 14.7. The summed E-state index contributed by atoms with van der Waals surface area (Å²) in [5, 5.41) is 13.2. The predicted molar refractivity (Wildman–Crippen MR) is 105 cm³/mol. The van der Waals surface area contributed by atoms with Crippen molar-refractivity contribution in [1.82, 2.24) is 15.0 Å². The lowest BCUT2D eigenvalue weighted by molar-refractivity contribution is -0.137. The molecule has 0 saturated heterocycles. The van der Waals surface area contributed by atoms with Crippen molar-refractivity contribution >= 4 is 33.3 Å². The van der Waals surface area contributed by atoms with Crippen LogP contribution < -0.4 is 5.32 Å². The summed E-state index contributed by atoms with van der Waals surface area (Å²) < 4.78 is 0. The maximum atomic E-state index is 10.6. The van der Waals surface area contributed by atoms with Gasteiger partial charge < -0.3 is 10.4 Å². The van der Waals surface area contributed by atoms with E-state index < -0.39 is 5.97 Å². The summed E-state index contributed by atoms with van der Waals surface area (Å²) in [5.74, 6) is 0.772. The lowest BCUT2D eigenvalue weighted by Crippen LogP contribution is -2.05. The first-order chi connectivity index (χ1) is 12.7. The number of nitrogens with zero attached hydrogens (tertiary/aromatic N) is 3. The minimum atomic E-state index is -0.734. The first kappa shape index (κ1) is 18.3. The molecule has 136 valence electrons. The number of carboxylic acid groups (broad SMARTS) is 1. The van der Waals surface area contributed by atoms with Gasteiger partial charge in [0.25, 0.3) is 0 Å². The van der Waals surface area contributed by atoms with Gasteiger partial charge in [0.2, 0.25) is 0 Å². The second kappa shape index (κ2) is 8.71. The van der Waals surface area contributed by atoms with E-state index in [1.807, 2.05) is 12.1 Å². The molecular weight excluding hydrogens is 348 g/mol. The number of thiophene rings is 1. The van der Waals surface area contributed by atoms with Crippen molar-refractivity contribution in [1.29, 1.82) is 0 Å². The number of aryl methyl sites for hydroxylation is 1. The molecule has 6 nitrogen and oxygen atoms in total. The van der Waals surface area contributed by atoms with E-state index in [9.17, 15) is 4.79 Å². The van der Waals surface area contributed by atoms with E-state index >= 15 is 0 Å². The van der Waals surface area contributed by atoms with Crippen LogP contribution in [-0.2, 0) is 11.2 Å². The Morgan fingerprint density at radius 2 is 2.15 bits per heavy atom. The molecule has 7 heteroatoms. The summed E-state index contributed by atoms with van der Waals surface area (Å²) in [4.78, 5) is 26.4. The number of pyridine rings is 1. The fourth-order valence-electron chi connectivity index (χ4n) is 2.69. The van der Waals surface area contributed by atoms with Crippen molar-refractivity contribution in [2.24, 2.45) is 0 Å². The quantitative estimate of drug-likeness (QED) is 0.544. The van der Waals surface area contributed by atoms with Gasteiger partial charge in [-0.15, -0.1) is 11.3 Å². The molecule has 3 aromatic heterocycles. The predicted octanol–water partition coefficient (Wildman–Crippen LogP) is 4.37. The summed E-state index contributed by atoms with van der Waals surface area (Å²) in [7, 11) is 0. The van der Waals surface area contributed by atoms with Gasteiger partial charge in [-0.2, -0.15) is 0 Å². The SMILES string of the molecule is CCc1cc2c(NCCCCCC(=O)O)nc(-c3cccnc3)nc2s1. The molecule has 3 rings (SSSR count). The van der Waals surface area contributed by atoms with E-state index in [4.69, 9.17) is 15.1 Å². The molecule has 0 aliphatic rings. The van der Waals surface area contributed by atoms with E-state index in [1.54, 1.807) is 23.7 Å². The normalized spacial score (nSPS) is 11.0. The highest BCUT2D eigenvalue weighted by atomic mass is 32.1. The van der Waals surface area contributed by atoms with E-state index in [-0.39, 0.29) is 6.42 Å². The van der Waals surface area contributed by atoms with Gasteiger partial charge >= 0.3 is 5.97 Å². The van der Waals surface area contributed by atoms with E-state index in [0.29, 0.717) is 12.2 Å². The van der Waals surface area contributed by atoms with Crippen LogP contribution in [0.1, 0.15) is 37.5 Å². The zero-order chi connectivity index (χ0) is 18.4. The highest BCUT2D eigenvalue weighted by Gasteiger charge is 2.12. The maximum Gasteiger partial charge on any atom is 0.303 e. The highest BCUT2D eigenvalue weighted by molar-refractivity contribution is 7.18. The van der Waals surface area contributed by atoms with Crippen LogP contribution in [0.3, 0.4) is 0 Å². The zero-order valence-corrected chi connectivity index (χ0v) is 15.6. The van der Waals surface area contributed by atoms with Gasteiger partial charge in [0, 0.05) is 35.8 Å². The van der Waals surface area contributed by atoms with Crippen molar-refractivity contribution in [2.75, 3.05) is 11.9 Å². The fraction of sp³-hybridized carbons (Fsp3) is 0.368. The van der Waals surface area contributed by atoms with Gasteiger partial charge in [-0.1, -0.05) is 13.3 Å². The van der Waals surface area contributed by atoms with Gasteiger partial charge in [-0.25, -0.2) is 9.97 Å². The van der Waals surface area contributed by atoms with Gasteiger partial charge in [-0.3, -0.25) is 9.78 Å². The number of carboxylic acids is 1. The number of unbranched alkanes of at least 4 members (excludes halogenated alkanes) is 2. The first-order valence-electron chi connectivity index (χ1n) is 8.84. The molecule has 0 saturated carbocycles. The molecular formula is C19H22N4O2S. The molecule has 0 unspecified atom stereocenters. The summed E-state index contributed by atoms with van der Waals surface area (Å²) in [6, 6.07) is 5.99. The van der Waals surface area contributed by atoms with Crippen molar-refractivity contribution in [3.05, 3.63) is 35.5 Å². The lowest BCUT2D eigenvalue weighted by Gasteiger charge is -2.09. The molecule has 0 radical (unpaired) electrons. The third-order valence-electron chi connectivity index (χ3n) is 4.07. The molecule has 0 atom stereocenters. The Labute approximate surface area is 156 Å². The standard InChI is InChI=1S/C19H22N4O2S/c1-2-14-11-15-18(21-10-5-3-4-8-16(24)25)22-17(23-19(15)26-14)13-7-6-9-20-12-13/h6-7,9,11-12H,2-5,8,10H2,1H3,(H,24,25)(H,21,22,23). The lowest BCUT2D eigenvalue weighted by atomic mass is 10.2. The van der Waals surface area contributed by atoms with Gasteiger partial charge in [-0.05, 0) is 37.5 Å². The molecule has 2 N–H and O–H groups in total. The monoisotopic (exact) mass is 370 g/mol. The Kier molecular flexibility index (Phi) is 6.12. The number of nitrogens with one attached hydrogen (secondary N) is 1. The van der Waals surface area contributed by atoms with Crippen LogP contribution in [0.15, 0.2) is 30.6 Å². The average molecular weight is 370 g/mol. The number of aromatic nitrogens is 3. The molecule has 0 aliphatic heterocycles. The number of fused-ring (bicyclic) bond motifs is 1. The first-order valence-corrected chi connectivity index (χ1v) is 9.65.